The van der Waals surface area contributed by atoms with Crippen LogP contribution in [0.4, 0.5) is 0 Å². The van der Waals surface area contributed by atoms with Gasteiger partial charge < -0.3 is 9.15 Å². The highest BCUT2D eigenvalue weighted by atomic mass is 16.5. The van der Waals surface area contributed by atoms with Gasteiger partial charge in [0.1, 0.15) is 22.7 Å². The van der Waals surface area contributed by atoms with Gasteiger partial charge in [-0.2, -0.15) is 0 Å². The molecule has 1 aliphatic heterocycles. The fraction of sp³-hybridized carbons (Fsp3) is 0.368. The normalized spacial score (nSPS) is 25.8. The molecule has 1 aliphatic carbocycles. The molecule has 0 spiro atoms. The molecular weight excluding hydrogens is 290 g/mol. The van der Waals surface area contributed by atoms with Gasteiger partial charge in [0.15, 0.2) is 0 Å². The van der Waals surface area contributed by atoms with Gasteiger partial charge in [0.2, 0.25) is 0 Å². The maximum Gasteiger partial charge on any atom is 0.347 e. The number of nitrogens with zero attached hydrogens (tertiary/aromatic N) is 1. The highest BCUT2D eigenvalue weighted by Crippen LogP contribution is 2.46. The summed E-state index contributed by atoms with van der Waals surface area (Å²) in [6, 6.07) is 5.50. The predicted molar refractivity (Wildman–Crippen MR) is 88.2 cm³/mol. The average molecular weight is 309 g/mol. The number of ether oxygens (including phenoxy) is 1. The largest absolute Gasteiger partial charge is 0.482 e. The van der Waals surface area contributed by atoms with E-state index in [2.05, 4.69) is 18.8 Å². The molecule has 2 aromatic heterocycles. The molecule has 0 amide bonds. The summed E-state index contributed by atoms with van der Waals surface area (Å²) in [4.78, 5) is 16.5. The quantitative estimate of drug-likeness (QED) is 0.797. The van der Waals surface area contributed by atoms with E-state index in [1.54, 1.807) is 12.4 Å². The molecule has 0 aromatic carbocycles. The zero-order valence-corrected chi connectivity index (χ0v) is 13.3. The second kappa shape index (κ2) is 5.08. The Morgan fingerprint density at radius 3 is 3.04 bits per heavy atom. The number of rotatable bonds is 1. The molecule has 0 saturated heterocycles. The number of hydrogen-bond donors (Lipinski definition) is 0. The molecule has 0 N–H and O–H groups in total. The smallest absolute Gasteiger partial charge is 0.347 e. The molecule has 4 heteroatoms. The van der Waals surface area contributed by atoms with Crippen molar-refractivity contribution < 1.29 is 9.15 Å². The van der Waals surface area contributed by atoms with Gasteiger partial charge in [-0.25, -0.2) is 4.79 Å². The minimum Gasteiger partial charge on any atom is -0.482 e. The SMILES string of the molecule is C[C@H]1CCCC2=Cc3c(cc(-c4cccnc4)oc3=O)O[C@@]21C. The van der Waals surface area contributed by atoms with Crippen molar-refractivity contribution in [2.24, 2.45) is 5.92 Å². The summed E-state index contributed by atoms with van der Waals surface area (Å²) in [5.74, 6) is 1.52. The molecule has 3 heterocycles. The fourth-order valence-electron chi connectivity index (χ4n) is 3.57. The Morgan fingerprint density at radius 2 is 2.26 bits per heavy atom. The van der Waals surface area contributed by atoms with Crippen LogP contribution in [0, 0.1) is 5.92 Å². The highest BCUT2D eigenvalue weighted by Gasteiger charge is 2.43. The second-order valence-electron chi connectivity index (χ2n) is 6.59. The van der Waals surface area contributed by atoms with Crippen LogP contribution in [-0.4, -0.2) is 10.6 Å². The second-order valence-corrected chi connectivity index (χ2v) is 6.59. The Labute approximate surface area is 134 Å². The summed E-state index contributed by atoms with van der Waals surface area (Å²) in [6.07, 6.45) is 8.61. The van der Waals surface area contributed by atoms with Crippen molar-refractivity contribution in [2.75, 3.05) is 0 Å². The summed E-state index contributed by atoms with van der Waals surface area (Å²) in [5.41, 5.74) is 1.82. The van der Waals surface area contributed by atoms with Crippen molar-refractivity contribution in [1.29, 1.82) is 0 Å². The van der Waals surface area contributed by atoms with Crippen LogP contribution in [0.25, 0.3) is 17.4 Å². The van der Waals surface area contributed by atoms with Crippen molar-refractivity contribution in [3.05, 3.63) is 52.1 Å². The van der Waals surface area contributed by atoms with Gasteiger partial charge >= 0.3 is 5.63 Å². The van der Waals surface area contributed by atoms with E-state index < -0.39 is 0 Å². The molecule has 1 fully saturated rings. The zero-order valence-electron chi connectivity index (χ0n) is 13.3. The third-order valence-electron chi connectivity index (χ3n) is 5.20. The maximum atomic E-state index is 12.4. The number of fused-ring (bicyclic) bond motifs is 2. The lowest BCUT2D eigenvalue weighted by Crippen LogP contribution is -2.46. The van der Waals surface area contributed by atoms with Crippen LogP contribution in [-0.2, 0) is 0 Å². The van der Waals surface area contributed by atoms with Gasteiger partial charge in [0, 0.05) is 24.0 Å². The molecule has 0 radical (unpaired) electrons. The van der Waals surface area contributed by atoms with Crippen LogP contribution in [0.15, 0.2) is 45.4 Å². The molecule has 2 atom stereocenters. The molecule has 4 nitrogen and oxygen atoms in total. The van der Waals surface area contributed by atoms with E-state index in [-0.39, 0.29) is 11.2 Å². The van der Waals surface area contributed by atoms with E-state index in [1.165, 1.54) is 5.57 Å². The van der Waals surface area contributed by atoms with Crippen molar-refractivity contribution in [2.45, 2.75) is 38.7 Å². The van der Waals surface area contributed by atoms with Crippen LogP contribution < -0.4 is 10.4 Å². The number of pyridine rings is 1. The molecule has 2 aliphatic rings. The Hall–Kier alpha value is -2.36. The molecule has 118 valence electrons. The standard InChI is InChI=1S/C19H19NO3/c1-12-5-3-7-14-9-15-17(23-19(12,14)2)10-16(22-18(15)21)13-6-4-8-20-11-13/h4,6,8-12H,3,5,7H2,1-2H3/t12-,19+/m0/s1. The Kier molecular flexibility index (Phi) is 3.15. The molecule has 1 saturated carbocycles. The van der Waals surface area contributed by atoms with E-state index in [9.17, 15) is 4.79 Å². The predicted octanol–water partition coefficient (Wildman–Crippen LogP) is 4.06. The summed E-state index contributed by atoms with van der Waals surface area (Å²) < 4.78 is 11.8. The van der Waals surface area contributed by atoms with E-state index in [0.29, 0.717) is 23.0 Å². The Bertz CT molecular complexity index is 837. The number of hydrogen-bond acceptors (Lipinski definition) is 4. The van der Waals surface area contributed by atoms with Crippen LogP contribution in [0.5, 0.6) is 5.75 Å². The van der Waals surface area contributed by atoms with Gasteiger partial charge in [-0.05, 0) is 55.9 Å². The zero-order chi connectivity index (χ0) is 16.0. The minimum atomic E-state index is -0.353. The maximum absolute atomic E-state index is 12.4. The minimum absolute atomic E-state index is 0.328. The average Bonchev–Trinajstić information content (AvgIpc) is 2.55. The van der Waals surface area contributed by atoms with Crippen LogP contribution in [0.1, 0.15) is 38.7 Å². The fourth-order valence-corrected chi connectivity index (χ4v) is 3.57. The first kappa shape index (κ1) is 14.2. The molecule has 4 rings (SSSR count). The summed E-state index contributed by atoms with van der Waals surface area (Å²) >= 11 is 0. The molecule has 0 bridgehead atoms. The van der Waals surface area contributed by atoms with Gasteiger partial charge in [0.25, 0.3) is 0 Å². The monoisotopic (exact) mass is 309 g/mol. The van der Waals surface area contributed by atoms with Crippen molar-refractivity contribution in [3.8, 4) is 17.1 Å². The lowest BCUT2D eigenvalue weighted by atomic mass is 9.72. The van der Waals surface area contributed by atoms with Crippen LogP contribution >= 0.6 is 0 Å². The topological polar surface area (TPSA) is 52.3 Å². The highest BCUT2D eigenvalue weighted by molar-refractivity contribution is 5.67. The summed E-state index contributed by atoms with van der Waals surface area (Å²) in [6.45, 7) is 4.34. The van der Waals surface area contributed by atoms with Crippen LogP contribution in [0.2, 0.25) is 0 Å². The van der Waals surface area contributed by atoms with Gasteiger partial charge in [-0.3, -0.25) is 4.98 Å². The molecular formula is C19H19NO3. The third-order valence-corrected chi connectivity index (χ3v) is 5.20. The molecule has 2 aromatic rings. The molecule has 23 heavy (non-hydrogen) atoms. The Balaban J connectivity index is 1.86. The van der Waals surface area contributed by atoms with Crippen LogP contribution in [0.3, 0.4) is 0 Å². The van der Waals surface area contributed by atoms with Gasteiger partial charge in [-0.1, -0.05) is 6.92 Å². The lowest BCUT2D eigenvalue weighted by molar-refractivity contribution is 0.0440. The van der Waals surface area contributed by atoms with Crippen molar-refractivity contribution >= 4 is 6.08 Å². The first-order chi connectivity index (χ1) is 11.1. The van der Waals surface area contributed by atoms with Gasteiger partial charge in [-0.15, -0.1) is 0 Å². The number of aromatic nitrogens is 1. The lowest BCUT2D eigenvalue weighted by Gasteiger charge is -2.44. The van der Waals surface area contributed by atoms with E-state index in [1.807, 2.05) is 24.3 Å². The van der Waals surface area contributed by atoms with Crippen molar-refractivity contribution in [3.63, 3.8) is 0 Å². The first-order valence-corrected chi connectivity index (χ1v) is 8.06. The van der Waals surface area contributed by atoms with Crippen molar-refractivity contribution in [1.82, 2.24) is 4.98 Å². The third kappa shape index (κ3) is 2.21. The van der Waals surface area contributed by atoms with E-state index >= 15 is 0 Å². The van der Waals surface area contributed by atoms with E-state index in [0.717, 1.165) is 24.8 Å². The Morgan fingerprint density at radius 1 is 1.39 bits per heavy atom. The van der Waals surface area contributed by atoms with E-state index in [4.69, 9.17) is 9.15 Å². The van der Waals surface area contributed by atoms with Gasteiger partial charge in [0.05, 0.1) is 0 Å². The molecule has 0 unspecified atom stereocenters. The summed E-state index contributed by atoms with van der Waals surface area (Å²) in [7, 11) is 0. The summed E-state index contributed by atoms with van der Waals surface area (Å²) in [5, 5.41) is 0. The first-order valence-electron chi connectivity index (χ1n) is 8.06.